The number of imidazole rings is 1. The number of rotatable bonds is 7. The molecule has 1 saturated heterocycles. The average molecular weight is 371 g/mol. The molecular weight excluding hydrogens is 349 g/mol. The van der Waals surface area contributed by atoms with Crippen molar-refractivity contribution in [1.82, 2.24) is 19.5 Å². The van der Waals surface area contributed by atoms with E-state index in [4.69, 9.17) is 24.6 Å². The highest BCUT2D eigenvalue weighted by atomic mass is 31.1. The number of anilines is 1. The van der Waals surface area contributed by atoms with E-state index in [0.29, 0.717) is 30.1 Å². The molecule has 4 atom stereocenters. The van der Waals surface area contributed by atoms with Gasteiger partial charge in [-0.25, -0.2) is 4.98 Å². The normalized spacial score (nSPS) is 24.7. The number of aromatic nitrogens is 4. The Morgan fingerprint density at radius 3 is 3.04 bits per heavy atom. The summed E-state index contributed by atoms with van der Waals surface area (Å²) in [4.78, 5) is 21.4. The second kappa shape index (κ2) is 7.65. The summed E-state index contributed by atoms with van der Waals surface area (Å²) in [5, 5.41) is 0. The minimum Gasteiger partial charge on any atom is -0.476 e. The van der Waals surface area contributed by atoms with Gasteiger partial charge in [0.2, 0.25) is 11.8 Å². The summed E-state index contributed by atoms with van der Waals surface area (Å²) in [6.45, 7) is 4.56. The number of fused-ring (bicyclic) bond motifs is 1. The first-order valence-corrected chi connectivity index (χ1v) is 9.40. The molecule has 0 saturated carbocycles. The third-order valence-corrected chi connectivity index (χ3v) is 4.53. The van der Waals surface area contributed by atoms with Crippen LogP contribution in [0.3, 0.4) is 0 Å². The minimum absolute atomic E-state index is 0.0654. The van der Waals surface area contributed by atoms with E-state index in [2.05, 4.69) is 21.9 Å². The Morgan fingerprint density at radius 1 is 1.52 bits per heavy atom. The molecule has 1 unspecified atom stereocenters. The molecule has 0 amide bonds. The number of ether oxygens (including phenoxy) is 2. The molecule has 10 nitrogen and oxygen atoms in total. The fraction of sp³-hybridized carbons (Fsp3) is 0.643. The van der Waals surface area contributed by atoms with Crippen LogP contribution in [0.1, 0.15) is 32.9 Å². The van der Waals surface area contributed by atoms with Gasteiger partial charge in [0.1, 0.15) is 6.23 Å². The first-order valence-electron chi connectivity index (χ1n) is 8.13. The van der Waals surface area contributed by atoms with Gasteiger partial charge in [-0.15, -0.1) is 0 Å². The van der Waals surface area contributed by atoms with Gasteiger partial charge in [0.05, 0.1) is 25.6 Å². The zero-order valence-corrected chi connectivity index (χ0v) is 15.1. The summed E-state index contributed by atoms with van der Waals surface area (Å²) in [7, 11) is -2.90. The maximum atomic E-state index is 10.6. The van der Waals surface area contributed by atoms with E-state index in [0.717, 1.165) is 6.42 Å². The van der Waals surface area contributed by atoms with Crippen LogP contribution in [0.15, 0.2) is 6.33 Å². The van der Waals surface area contributed by atoms with Crippen molar-refractivity contribution in [2.45, 2.75) is 39.0 Å². The van der Waals surface area contributed by atoms with Crippen molar-refractivity contribution in [1.29, 1.82) is 0 Å². The molecule has 1 aliphatic heterocycles. The molecule has 3 heterocycles. The quantitative estimate of drug-likeness (QED) is 0.694. The molecule has 0 radical (unpaired) electrons. The van der Waals surface area contributed by atoms with Crippen LogP contribution in [-0.2, 0) is 13.8 Å². The van der Waals surface area contributed by atoms with Crippen molar-refractivity contribution in [2.24, 2.45) is 5.92 Å². The van der Waals surface area contributed by atoms with Gasteiger partial charge in [-0.3, -0.25) is 9.13 Å². The molecule has 25 heavy (non-hydrogen) atoms. The lowest BCUT2D eigenvalue weighted by atomic mass is 10.0. The van der Waals surface area contributed by atoms with Crippen LogP contribution in [-0.4, -0.2) is 43.7 Å². The Kier molecular flexibility index (Phi) is 5.53. The second-order valence-corrected chi connectivity index (χ2v) is 6.73. The smallest absolute Gasteiger partial charge is 0.316 e. The molecule has 3 N–H and O–H groups in total. The third-order valence-electron chi connectivity index (χ3n) is 4.08. The predicted molar refractivity (Wildman–Crippen MR) is 90.4 cm³/mol. The summed E-state index contributed by atoms with van der Waals surface area (Å²) in [6.07, 6.45) is 2.67. The van der Waals surface area contributed by atoms with Gasteiger partial charge in [-0.05, 0) is 19.8 Å². The summed E-state index contributed by atoms with van der Waals surface area (Å²) >= 11 is 0. The zero-order chi connectivity index (χ0) is 18.0. The molecule has 11 heteroatoms. The molecule has 3 rings (SSSR count). The maximum absolute atomic E-state index is 10.6. The molecule has 0 aromatic carbocycles. The highest BCUT2D eigenvalue weighted by Gasteiger charge is 2.34. The molecule has 2 aromatic heterocycles. The van der Waals surface area contributed by atoms with Crippen molar-refractivity contribution >= 4 is 25.4 Å². The van der Waals surface area contributed by atoms with E-state index in [1.54, 1.807) is 6.33 Å². The number of nitrogen functional groups attached to an aromatic ring is 1. The minimum atomic E-state index is -2.90. The van der Waals surface area contributed by atoms with Crippen molar-refractivity contribution in [2.75, 3.05) is 18.9 Å². The SMILES string of the molecule is CCOc1nc(N)nc2c1ncn2[C@@H]1O[C@H](CCO[PH](=O)O)C[C@@H]1C. The topological polar surface area (TPSA) is 135 Å². The van der Waals surface area contributed by atoms with E-state index in [1.165, 1.54) is 0 Å². The van der Waals surface area contributed by atoms with Gasteiger partial charge in [0.15, 0.2) is 11.2 Å². The Hall–Kier alpha value is -1.74. The Balaban J connectivity index is 1.80. The van der Waals surface area contributed by atoms with Gasteiger partial charge in [-0.1, -0.05) is 6.92 Å². The van der Waals surface area contributed by atoms with E-state index < -0.39 is 8.25 Å². The first-order chi connectivity index (χ1) is 12.0. The third kappa shape index (κ3) is 3.92. The maximum Gasteiger partial charge on any atom is 0.316 e. The van der Waals surface area contributed by atoms with Gasteiger partial charge in [0.25, 0.3) is 0 Å². The molecule has 1 aliphatic rings. The van der Waals surface area contributed by atoms with Gasteiger partial charge < -0.3 is 24.6 Å². The number of hydrogen-bond donors (Lipinski definition) is 2. The summed E-state index contributed by atoms with van der Waals surface area (Å²) in [5.74, 6) is 0.675. The Bertz CT molecular complexity index is 769. The van der Waals surface area contributed by atoms with E-state index >= 15 is 0 Å². The lowest BCUT2D eigenvalue weighted by Gasteiger charge is -2.17. The van der Waals surface area contributed by atoms with Crippen LogP contribution in [0, 0.1) is 5.92 Å². The van der Waals surface area contributed by atoms with Crippen molar-refractivity contribution in [3.8, 4) is 5.88 Å². The molecule has 0 spiro atoms. The monoisotopic (exact) mass is 371 g/mol. The fourth-order valence-electron chi connectivity index (χ4n) is 3.05. The highest BCUT2D eigenvalue weighted by Crippen LogP contribution is 2.38. The zero-order valence-electron chi connectivity index (χ0n) is 14.1. The summed E-state index contributed by atoms with van der Waals surface area (Å²) < 4.78 is 28.8. The van der Waals surface area contributed by atoms with Crippen LogP contribution < -0.4 is 10.5 Å². The van der Waals surface area contributed by atoms with E-state index in [-0.39, 0.29) is 30.8 Å². The van der Waals surface area contributed by atoms with Gasteiger partial charge in [0, 0.05) is 5.92 Å². The largest absolute Gasteiger partial charge is 0.476 e. The average Bonchev–Trinajstić information content (AvgIpc) is 3.10. The molecule has 0 aliphatic carbocycles. The van der Waals surface area contributed by atoms with Gasteiger partial charge >= 0.3 is 8.25 Å². The van der Waals surface area contributed by atoms with Crippen LogP contribution in [0.4, 0.5) is 5.95 Å². The van der Waals surface area contributed by atoms with Crippen molar-refractivity contribution < 1.29 is 23.5 Å². The van der Waals surface area contributed by atoms with Gasteiger partial charge in [-0.2, -0.15) is 9.97 Å². The lowest BCUT2D eigenvalue weighted by molar-refractivity contribution is -0.0153. The van der Waals surface area contributed by atoms with Crippen LogP contribution >= 0.6 is 8.25 Å². The molecule has 138 valence electrons. The first kappa shape index (κ1) is 18.1. The molecule has 1 fully saturated rings. The number of hydrogen-bond acceptors (Lipinski definition) is 8. The fourth-order valence-corrected chi connectivity index (χ4v) is 3.34. The Morgan fingerprint density at radius 2 is 2.32 bits per heavy atom. The molecule has 0 bridgehead atoms. The molecular formula is C14H22N5O5P. The van der Waals surface area contributed by atoms with Crippen molar-refractivity contribution in [3.63, 3.8) is 0 Å². The number of nitrogens with zero attached hydrogens (tertiary/aromatic N) is 4. The van der Waals surface area contributed by atoms with E-state index in [1.807, 2.05) is 11.5 Å². The summed E-state index contributed by atoms with van der Waals surface area (Å²) in [6, 6.07) is 0. The predicted octanol–water partition coefficient (Wildman–Crippen LogP) is 1.52. The van der Waals surface area contributed by atoms with Crippen LogP contribution in [0.25, 0.3) is 11.2 Å². The standard InChI is InChI=1S/C14H22N5O5P/c1-3-22-12-10-11(17-14(15)18-12)19(7-16-10)13-8(2)6-9(24-13)4-5-23-25(20)21/h7-9,13,25H,3-6H2,1-2H3,(H,20,21)(H2,15,17,18)/t8-,9+,13+/m0/s1. The Labute approximate surface area is 145 Å². The summed E-state index contributed by atoms with van der Waals surface area (Å²) in [5.41, 5.74) is 6.89. The van der Waals surface area contributed by atoms with Crippen LogP contribution in [0.2, 0.25) is 0 Å². The van der Waals surface area contributed by atoms with E-state index in [9.17, 15) is 4.57 Å². The van der Waals surface area contributed by atoms with Crippen LogP contribution in [0.5, 0.6) is 5.88 Å². The highest BCUT2D eigenvalue weighted by molar-refractivity contribution is 7.32. The molecule has 2 aromatic rings. The number of nitrogens with two attached hydrogens (primary N) is 1. The van der Waals surface area contributed by atoms with Crippen molar-refractivity contribution in [3.05, 3.63) is 6.33 Å². The second-order valence-electron chi connectivity index (χ2n) is 5.91. The lowest BCUT2D eigenvalue weighted by Crippen LogP contribution is -2.15.